The lowest BCUT2D eigenvalue weighted by Crippen LogP contribution is -2.28. The van der Waals surface area contributed by atoms with Crippen LogP contribution in [0.15, 0.2) is 24.3 Å². The number of rotatable bonds is 2. The Bertz CT molecular complexity index is 1020. The van der Waals surface area contributed by atoms with E-state index in [0.717, 1.165) is 0 Å². The number of carbonyl (C=O) groups is 2. The van der Waals surface area contributed by atoms with Crippen molar-refractivity contribution >= 4 is 11.8 Å². The zero-order chi connectivity index (χ0) is 19.1. The summed E-state index contributed by atoms with van der Waals surface area (Å²) in [5.74, 6) is -2.56. The summed E-state index contributed by atoms with van der Waals surface area (Å²) in [6.45, 7) is 5.02. The number of aromatic nitrogens is 2. The molecule has 0 spiro atoms. The maximum atomic E-state index is 12.5. The molecule has 0 aliphatic heterocycles. The SMILES string of the molecule is CC(C)(C)OC(=O)C(C#N)c1nc2c(nc1C#N)C(=O)c1ccccc1-2. The van der Waals surface area contributed by atoms with Gasteiger partial charge in [-0.3, -0.25) is 9.59 Å². The molecule has 1 heterocycles. The maximum Gasteiger partial charge on any atom is 0.330 e. The molecule has 7 heteroatoms. The van der Waals surface area contributed by atoms with E-state index in [1.807, 2.05) is 12.1 Å². The van der Waals surface area contributed by atoms with Gasteiger partial charge in [0.05, 0.1) is 6.07 Å². The summed E-state index contributed by atoms with van der Waals surface area (Å²) in [5.41, 5.74) is 0.164. The van der Waals surface area contributed by atoms with Gasteiger partial charge in [0.2, 0.25) is 5.78 Å². The van der Waals surface area contributed by atoms with Crippen molar-refractivity contribution in [3.05, 3.63) is 46.9 Å². The molecule has 0 saturated carbocycles. The highest BCUT2D eigenvalue weighted by atomic mass is 16.6. The van der Waals surface area contributed by atoms with E-state index in [1.54, 1.807) is 45.0 Å². The van der Waals surface area contributed by atoms with Crippen LogP contribution in [0.1, 0.15) is 54.1 Å². The van der Waals surface area contributed by atoms with Crippen molar-refractivity contribution in [3.63, 3.8) is 0 Å². The van der Waals surface area contributed by atoms with Crippen molar-refractivity contribution in [1.29, 1.82) is 10.5 Å². The third-order valence-corrected chi connectivity index (χ3v) is 3.72. The Kier molecular flexibility index (Phi) is 4.01. The highest BCUT2D eigenvalue weighted by Gasteiger charge is 2.35. The fraction of sp³-hybridized carbons (Fsp3) is 0.263. The summed E-state index contributed by atoms with van der Waals surface area (Å²) in [6.07, 6.45) is 0. The quantitative estimate of drug-likeness (QED) is 0.654. The zero-order valence-electron chi connectivity index (χ0n) is 14.4. The third-order valence-electron chi connectivity index (χ3n) is 3.72. The summed E-state index contributed by atoms with van der Waals surface area (Å²) in [5, 5.41) is 18.9. The van der Waals surface area contributed by atoms with Gasteiger partial charge in [0.15, 0.2) is 11.6 Å². The van der Waals surface area contributed by atoms with Crippen molar-refractivity contribution in [2.24, 2.45) is 0 Å². The number of hydrogen-bond donors (Lipinski definition) is 0. The van der Waals surface area contributed by atoms with E-state index in [0.29, 0.717) is 11.1 Å². The molecule has 3 rings (SSSR count). The molecule has 2 aromatic rings. The summed E-state index contributed by atoms with van der Waals surface area (Å²) in [4.78, 5) is 33.2. The second-order valence-electron chi connectivity index (χ2n) is 6.74. The highest BCUT2D eigenvalue weighted by Crippen LogP contribution is 2.35. The summed E-state index contributed by atoms with van der Waals surface area (Å²) >= 11 is 0. The first-order chi connectivity index (χ1) is 12.3. The van der Waals surface area contributed by atoms with Gasteiger partial charge >= 0.3 is 5.97 Å². The maximum absolute atomic E-state index is 12.5. The number of carbonyl (C=O) groups excluding carboxylic acids is 2. The van der Waals surface area contributed by atoms with Crippen LogP contribution < -0.4 is 0 Å². The van der Waals surface area contributed by atoms with Crippen LogP contribution in [0.2, 0.25) is 0 Å². The summed E-state index contributed by atoms with van der Waals surface area (Å²) in [6, 6.07) is 10.5. The van der Waals surface area contributed by atoms with E-state index in [-0.39, 0.29) is 28.6 Å². The lowest BCUT2D eigenvalue weighted by atomic mass is 10.0. The number of fused-ring (bicyclic) bond motifs is 3. The Morgan fingerprint density at radius 3 is 2.35 bits per heavy atom. The van der Waals surface area contributed by atoms with Crippen LogP contribution in [0.5, 0.6) is 0 Å². The van der Waals surface area contributed by atoms with Gasteiger partial charge in [-0.05, 0) is 20.8 Å². The Balaban J connectivity index is 2.16. The molecule has 0 fully saturated rings. The number of ether oxygens (including phenoxy) is 1. The van der Waals surface area contributed by atoms with Crippen molar-refractivity contribution in [3.8, 4) is 23.4 Å². The lowest BCUT2D eigenvalue weighted by molar-refractivity contribution is -0.155. The van der Waals surface area contributed by atoms with Crippen LogP contribution in [0.3, 0.4) is 0 Å². The van der Waals surface area contributed by atoms with Crippen LogP contribution in [-0.2, 0) is 9.53 Å². The first kappa shape index (κ1) is 17.2. The van der Waals surface area contributed by atoms with E-state index in [2.05, 4.69) is 9.97 Å². The van der Waals surface area contributed by atoms with Crippen LogP contribution >= 0.6 is 0 Å². The Labute approximate surface area is 149 Å². The molecule has 1 atom stereocenters. The van der Waals surface area contributed by atoms with Crippen LogP contribution in [0.25, 0.3) is 11.3 Å². The second kappa shape index (κ2) is 6.05. The smallest absolute Gasteiger partial charge is 0.330 e. The van der Waals surface area contributed by atoms with Crippen molar-refractivity contribution in [2.75, 3.05) is 0 Å². The van der Waals surface area contributed by atoms with Gasteiger partial charge < -0.3 is 4.74 Å². The average Bonchev–Trinajstić information content (AvgIpc) is 2.86. The molecule has 128 valence electrons. The van der Waals surface area contributed by atoms with Gasteiger partial charge in [-0.2, -0.15) is 10.5 Å². The Morgan fingerprint density at radius 2 is 1.77 bits per heavy atom. The first-order valence-electron chi connectivity index (χ1n) is 7.85. The molecule has 0 N–H and O–H groups in total. The van der Waals surface area contributed by atoms with Crippen molar-refractivity contribution in [1.82, 2.24) is 9.97 Å². The van der Waals surface area contributed by atoms with E-state index in [1.165, 1.54) is 0 Å². The molecule has 0 radical (unpaired) electrons. The van der Waals surface area contributed by atoms with Crippen molar-refractivity contribution in [2.45, 2.75) is 32.3 Å². The van der Waals surface area contributed by atoms with Crippen LogP contribution in [-0.4, -0.2) is 27.3 Å². The molecule has 1 aromatic heterocycles. The van der Waals surface area contributed by atoms with Gasteiger partial charge in [0, 0.05) is 11.1 Å². The first-order valence-corrected chi connectivity index (χ1v) is 7.85. The van der Waals surface area contributed by atoms with Gasteiger partial charge in [-0.1, -0.05) is 24.3 Å². The van der Waals surface area contributed by atoms with Gasteiger partial charge in [-0.15, -0.1) is 0 Å². The van der Waals surface area contributed by atoms with Crippen molar-refractivity contribution < 1.29 is 14.3 Å². The Hall–Kier alpha value is -3.58. The molecule has 0 saturated heterocycles. The molecule has 7 nitrogen and oxygen atoms in total. The average molecular weight is 346 g/mol. The predicted molar refractivity (Wildman–Crippen MR) is 89.8 cm³/mol. The fourth-order valence-corrected chi connectivity index (χ4v) is 2.68. The number of hydrogen-bond acceptors (Lipinski definition) is 7. The standard InChI is InChI=1S/C19H14N4O3/c1-19(2,3)26-18(25)12(8-20)14-13(9-21)22-16-15(23-14)10-6-4-5-7-11(10)17(16)24/h4-7,12H,1-3H3. The van der Waals surface area contributed by atoms with Crippen LogP contribution in [0.4, 0.5) is 0 Å². The molecule has 1 aliphatic carbocycles. The molecule has 26 heavy (non-hydrogen) atoms. The molecular formula is C19H14N4O3. The largest absolute Gasteiger partial charge is 0.459 e. The predicted octanol–water partition coefficient (Wildman–Crippen LogP) is 2.51. The van der Waals surface area contributed by atoms with E-state index >= 15 is 0 Å². The topological polar surface area (TPSA) is 117 Å². The third kappa shape index (κ3) is 2.80. The zero-order valence-corrected chi connectivity index (χ0v) is 14.4. The van der Waals surface area contributed by atoms with Crippen LogP contribution in [0, 0.1) is 22.7 Å². The Morgan fingerprint density at radius 1 is 1.12 bits per heavy atom. The van der Waals surface area contributed by atoms with E-state index < -0.39 is 17.5 Å². The molecule has 0 amide bonds. The minimum Gasteiger partial charge on any atom is -0.459 e. The number of nitriles is 2. The molecule has 1 aromatic carbocycles. The van der Waals surface area contributed by atoms with Gasteiger partial charge in [0.25, 0.3) is 0 Å². The summed E-state index contributed by atoms with van der Waals surface area (Å²) in [7, 11) is 0. The van der Waals surface area contributed by atoms with E-state index in [9.17, 15) is 20.1 Å². The number of nitrogens with zero attached hydrogens (tertiary/aromatic N) is 4. The molecule has 1 aliphatic rings. The molecule has 1 unspecified atom stereocenters. The summed E-state index contributed by atoms with van der Waals surface area (Å²) < 4.78 is 5.25. The molecular weight excluding hydrogens is 332 g/mol. The minimum atomic E-state index is -1.41. The monoisotopic (exact) mass is 346 g/mol. The van der Waals surface area contributed by atoms with Gasteiger partial charge in [-0.25, -0.2) is 9.97 Å². The minimum absolute atomic E-state index is 0.0485. The number of benzene rings is 1. The van der Waals surface area contributed by atoms with E-state index in [4.69, 9.17) is 4.74 Å². The highest BCUT2D eigenvalue weighted by molar-refractivity contribution is 6.19. The normalized spacial score (nSPS) is 13.2. The number of esters is 1. The van der Waals surface area contributed by atoms with Gasteiger partial charge in [0.1, 0.15) is 28.8 Å². The second-order valence-corrected chi connectivity index (χ2v) is 6.74. The molecule has 0 bridgehead atoms. The fourth-order valence-electron chi connectivity index (χ4n) is 2.68. The number of ketones is 1. The lowest BCUT2D eigenvalue weighted by Gasteiger charge is -2.21.